The number of piperazine rings is 1. The summed E-state index contributed by atoms with van der Waals surface area (Å²) in [6.07, 6.45) is 3.84. The monoisotopic (exact) mass is 319 g/mol. The van der Waals surface area contributed by atoms with Crippen LogP contribution in [0.3, 0.4) is 0 Å². The third-order valence-corrected chi connectivity index (χ3v) is 4.52. The van der Waals surface area contributed by atoms with Crippen molar-refractivity contribution in [3.05, 3.63) is 59.9 Å². The molecule has 0 aliphatic carbocycles. The van der Waals surface area contributed by atoms with Crippen molar-refractivity contribution in [2.24, 2.45) is 5.10 Å². The number of pyridine rings is 1. The molecule has 0 amide bonds. The van der Waals surface area contributed by atoms with Crippen LogP contribution in [-0.2, 0) is 0 Å². The van der Waals surface area contributed by atoms with Gasteiger partial charge in [-0.2, -0.15) is 5.10 Å². The quantitative estimate of drug-likeness (QED) is 0.755. The van der Waals surface area contributed by atoms with Gasteiger partial charge >= 0.3 is 0 Å². The minimum absolute atomic E-state index is 0.911. The number of anilines is 1. The number of para-hydroxylation sites is 1. The molecule has 1 aromatic carbocycles. The van der Waals surface area contributed by atoms with Crippen molar-refractivity contribution < 1.29 is 0 Å². The first kappa shape index (κ1) is 14.8. The number of hydrogen-bond acceptors (Lipinski definition) is 4. The molecule has 1 saturated heterocycles. The lowest BCUT2D eigenvalue weighted by atomic mass is 10.1. The van der Waals surface area contributed by atoms with Gasteiger partial charge in [0.15, 0.2) is 0 Å². The standard InChI is InChI=1S/C19H21N5/c1-15-17(16-6-2-3-7-18(16)22-15)14-21-24-12-10-23(11-13-24)19-8-4-5-9-20-19/h2-9,14,22H,10-13H2,1H3. The molecule has 5 nitrogen and oxygen atoms in total. The van der Waals surface area contributed by atoms with Crippen LogP contribution < -0.4 is 4.90 Å². The van der Waals surface area contributed by atoms with E-state index in [0.717, 1.165) is 43.2 Å². The molecule has 122 valence electrons. The Morgan fingerprint density at radius 3 is 2.62 bits per heavy atom. The lowest BCUT2D eigenvalue weighted by molar-refractivity contribution is 0.271. The highest BCUT2D eigenvalue weighted by molar-refractivity contribution is 6.00. The first-order valence-electron chi connectivity index (χ1n) is 8.33. The van der Waals surface area contributed by atoms with Crippen molar-refractivity contribution in [2.45, 2.75) is 6.92 Å². The molecule has 0 saturated carbocycles. The number of aromatic nitrogens is 2. The van der Waals surface area contributed by atoms with Crippen molar-refractivity contribution in [2.75, 3.05) is 31.1 Å². The molecule has 24 heavy (non-hydrogen) atoms. The summed E-state index contributed by atoms with van der Waals surface area (Å²) >= 11 is 0. The fraction of sp³-hybridized carbons (Fsp3) is 0.263. The Bertz CT molecular complexity index is 845. The maximum Gasteiger partial charge on any atom is 0.128 e. The lowest BCUT2D eigenvalue weighted by Crippen LogP contribution is -2.44. The van der Waals surface area contributed by atoms with E-state index in [2.05, 4.69) is 57.1 Å². The predicted molar refractivity (Wildman–Crippen MR) is 98.7 cm³/mol. The van der Waals surface area contributed by atoms with Gasteiger partial charge in [-0.3, -0.25) is 5.01 Å². The highest BCUT2D eigenvalue weighted by Gasteiger charge is 2.16. The van der Waals surface area contributed by atoms with Gasteiger partial charge in [-0.25, -0.2) is 4.98 Å². The fourth-order valence-corrected chi connectivity index (χ4v) is 3.19. The number of aryl methyl sites for hydroxylation is 1. The van der Waals surface area contributed by atoms with Crippen molar-refractivity contribution in [3.8, 4) is 0 Å². The average molecular weight is 319 g/mol. The van der Waals surface area contributed by atoms with Gasteiger partial charge in [0.1, 0.15) is 5.82 Å². The van der Waals surface area contributed by atoms with Crippen molar-refractivity contribution in [1.29, 1.82) is 0 Å². The SMILES string of the molecule is Cc1[nH]c2ccccc2c1C=NN1CCN(c2ccccn2)CC1. The molecule has 1 aliphatic rings. The van der Waals surface area contributed by atoms with Crippen LogP contribution in [0.5, 0.6) is 0 Å². The molecule has 5 heteroatoms. The lowest BCUT2D eigenvalue weighted by Gasteiger charge is -2.33. The molecule has 1 aliphatic heterocycles. The summed E-state index contributed by atoms with van der Waals surface area (Å²) in [6.45, 7) is 5.81. The molecular weight excluding hydrogens is 298 g/mol. The first-order chi connectivity index (χ1) is 11.8. The summed E-state index contributed by atoms with van der Waals surface area (Å²) in [5.41, 5.74) is 3.50. The molecular formula is C19H21N5. The van der Waals surface area contributed by atoms with Gasteiger partial charge in [0.25, 0.3) is 0 Å². The van der Waals surface area contributed by atoms with Crippen LogP contribution in [0.25, 0.3) is 10.9 Å². The highest BCUT2D eigenvalue weighted by atomic mass is 15.5. The van der Waals surface area contributed by atoms with E-state index in [1.807, 2.05) is 24.5 Å². The van der Waals surface area contributed by atoms with Crippen LogP contribution in [0.15, 0.2) is 53.8 Å². The van der Waals surface area contributed by atoms with Gasteiger partial charge in [-0.15, -0.1) is 0 Å². The third-order valence-electron chi connectivity index (χ3n) is 4.52. The van der Waals surface area contributed by atoms with Crippen LogP contribution >= 0.6 is 0 Å². The van der Waals surface area contributed by atoms with E-state index in [1.54, 1.807) is 0 Å². The van der Waals surface area contributed by atoms with E-state index >= 15 is 0 Å². The minimum atomic E-state index is 0.911. The second kappa shape index (κ2) is 6.35. The number of aromatic amines is 1. The summed E-state index contributed by atoms with van der Waals surface area (Å²) in [5.74, 6) is 1.05. The molecule has 3 heterocycles. The van der Waals surface area contributed by atoms with Gasteiger partial charge < -0.3 is 9.88 Å². The van der Waals surface area contributed by atoms with Gasteiger partial charge in [-0.05, 0) is 25.1 Å². The van der Waals surface area contributed by atoms with Gasteiger partial charge in [0.2, 0.25) is 0 Å². The van der Waals surface area contributed by atoms with E-state index in [0.29, 0.717) is 0 Å². The molecule has 1 fully saturated rings. The fourth-order valence-electron chi connectivity index (χ4n) is 3.19. The number of nitrogens with zero attached hydrogens (tertiary/aromatic N) is 4. The van der Waals surface area contributed by atoms with Crippen molar-refractivity contribution in [3.63, 3.8) is 0 Å². The Morgan fingerprint density at radius 2 is 1.83 bits per heavy atom. The van der Waals surface area contributed by atoms with Crippen LogP contribution in [0.1, 0.15) is 11.3 Å². The number of rotatable bonds is 3. The summed E-state index contributed by atoms with van der Waals surface area (Å²) in [7, 11) is 0. The minimum Gasteiger partial charge on any atom is -0.358 e. The summed E-state index contributed by atoms with van der Waals surface area (Å²) in [4.78, 5) is 10.2. The molecule has 2 aromatic heterocycles. The van der Waals surface area contributed by atoms with E-state index in [-0.39, 0.29) is 0 Å². The molecule has 0 spiro atoms. The maximum absolute atomic E-state index is 4.71. The maximum atomic E-state index is 4.71. The zero-order valence-corrected chi connectivity index (χ0v) is 13.8. The van der Waals surface area contributed by atoms with E-state index in [4.69, 9.17) is 5.10 Å². The largest absolute Gasteiger partial charge is 0.358 e. The zero-order valence-electron chi connectivity index (χ0n) is 13.8. The van der Waals surface area contributed by atoms with Crippen molar-refractivity contribution in [1.82, 2.24) is 15.0 Å². The van der Waals surface area contributed by atoms with Crippen molar-refractivity contribution >= 4 is 22.9 Å². The van der Waals surface area contributed by atoms with E-state index in [1.165, 1.54) is 10.9 Å². The van der Waals surface area contributed by atoms with Gasteiger partial charge in [0, 0.05) is 41.4 Å². The second-order valence-electron chi connectivity index (χ2n) is 6.08. The van der Waals surface area contributed by atoms with Gasteiger partial charge in [0.05, 0.1) is 19.3 Å². The second-order valence-corrected chi connectivity index (χ2v) is 6.08. The number of benzene rings is 1. The zero-order chi connectivity index (χ0) is 16.4. The Kier molecular flexibility index (Phi) is 3.91. The number of fused-ring (bicyclic) bond motifs is 1. The van der Waals surface area contributed by atoms with Crippen LogP contribution in [-0.4, -0.2) is 47.4 Å². The number of hydrogen-bond donors (Lipinski definition) is 1. The Hall–Kier alpha value is -2.82. The first-order valence-corrected chi connectivity index (χ1v) is 8.33. The molecule has 0 radical (unpaired) electrons. The Labute approximate surface area is 141 Å². The summed E-state index contributed by atoms with van der Waals surface area (Å²) in [5, 5.41) is 8.07. The topological polar surface area (TPSA) is 47.5 Å². The van der Waals surface area contributed by atoms with E-state index < -0.39 is 0 Å². The van der Waals surface area contributed by atoms with Crippen LogP contribution in [0.4, 0.5) is 5.82 Å². The van der Waals surface area contributed by atoms with Crippen LogP contribution in [0.2, 0.25) is 0 Å². The van der Waals surface area contributed by atoms with E-state index in [9.17, 15) is 0 Å². The Morgan fingerprint density at radius 1 is 1.04 bits per heavy atom. The molecule has 1 N–H and O–H groups in total. The highest BCUT2D eigenvalue weighted by Crippen LogP contribution is 2.20. The molecule has 0 atom stereocenters. The Balaban J connectivity index is 1.45. The predicted octanol–water partition coefficient (Wildman–Crippen LogP) is 3.03. The van der Waals surface area contributed by atoms with Gasteiger partial charge in [-0.1, -0.05) is 24.3 Å². The number of H-pyrrole nitrogens is 1. The summed E-state index contributed by atoms with van der Waals surface area (Å²) < 4.78 is 0. The number of nitrogens with one attached hydrogen (secondary N) is 1. The smallest absolute Gasteiger partial charge is 0.128 e. The number of hydrazone groups is 1. The molecule has 0 bridgehead atoms. The molecule has 3 aromatic rings. The van der Waals surface area contributed by atoms with Crippen LogP contribution in [0, 0.1) is 6.92 Å². The normalized spacial score (nSPS) is 15.5. The molecule has 0 unspecified atom stereocenters. The third kappa shape index (κ3) is 2.85. The molecule has 4 rings (SSSR count). The summed E-state index contributed by atoms with van der Waals surface area (Å²) in [6, 6.07) is 14.4. The average Bonchev–Trinajstić information content (AvgIpc) is 2.96.